The fourth-order valence-corrected chi connectivity index (χ4v) is 5.11. The summed E-state index contributed by atoms with van der Waals surface area (Å²) >= 11 is 0. The summed E-state index contributed by atoms with van der Waals surface area (Å²) in [5.41, 5.74) is 2.16. The Morgan fingerprint density at radius 2 is 1.74 bits per heavy atom. The Morgan fingerprint density at radius 3 is 2.42 bits per heavy atom. The first kappa shape index (κ1) is 27.2. The number of benzene rings is 2. The fourth-order valence-electron chi connectivity index (χ4n) is 5.11. The molecule has 0 spiro atoms. The van der Waals surface area contributed by atoms with Crippen LogP contribution in [0.2, 0.25) is 0 Å². The molecular formula is C29H34FN3O5. The molecule has 1 saturated heterocycles. The van der Waals surface area contributed by atoms with Gasteiger partial charge in [0.2, 0.25) is 11.8 Å². The highest BCUT2D eigenvalue weighted by atomic mass is 19.1. The number of piperazine rings is 1. The van der Waals surface area contributed by atoms with Crippen LogP contribution in [0.15, 0.2) is 59.8 Å². The van der Waals surface area contributed by atoms with E-state index in [0.29, 0.717) is 44.0 Å². The minimum absolute atomic E-state index is 0.0514. The Labute approximate surface area is 222 Å². The van der Waals surface area contributed by atoms with E-state index in [9.17, 15) is 18.8 Å². The van der Waals surface area contributed by atoms with E-state index in [-0.39, 0.29) is 37.0 Å². The first-order valence-corrected chi connectivity index (χ1v) is 13.0. The Hall–Kier alpha value is -3.88. The Bertz CT molecular complexity index is 1220. The number of amides is 2. The molecule has 2 aromatic carbocycles. The molecule has 0 aromatic heterocycles. The maximum Gasteiger partial charge on any atom is 0.336 e. The van der Waals surface area contributed by atoms with Crippen molar-refractivity contribution in [3.8, 4) is 5.75 Å². The van der Waals surface area contributed by atoms with Crippen molar-refractivity contribution in [3.05, 3.63) is 71.2 Å². The minimum Gasteiger partial charge on any atom is -0.492 e. The SMILES string of the molecule is CCOC(=O)C1=C(C)N(CC(=O)N2CCN(c3ccccc3OCC)CC2)C(=O)CC1c1cccc(F)c1. The summed E-state index contributed by atoms with van der Waals surface area (Å²) in [5, 5.41) is 0. The number of para-hydroxylation sites is 2. The third-order valence-electron chi connectivity index (χ3n) is 7.00. The number of allylic oxidation sites excluding steroid dienone is 1. The number of nitrogens with zero attached hydrogens (tertiary/aromatic N) is 3. The summed E-state index contributed by atoms with van der Waals surface area (Å²) in [6.45, 7) is 8.12. The lowest BCUT2D eigenvalue weighted by Crippen LogP contribution is -2.52. The van der Waals surface area contributed by atoms with E-state index in [1.54, 1.807) is 30.9 Å². The molecule has 8 nitrogen and oxygen atoms in total. The fraction of sp³-hybridized carbons (Fsp3) is 0.414. The quantitative estimate of drug-likeness (QED) is 0.491. The average molecular weight is 524 g/mol. The van der Waals surface area contributed by atoms with Crippen LogP contribution in [0.3, 0.4) is 0 Å². The van der Waals surface area contributed by atoms with Gasteiger partial charge >= 0.3 is 5.97 Å². The van der Waals surface area contributed by atoms with Gasteiger partial charge < -0.3 is 24.2 Å². The predicted molar refractivity (Wildman–Crippen MR) is 141 cm³/mol. The number of rotatable bonds is 8. The molecule has 38 heavy (non-hydrogen) atoms. The largest absolute Gasteiger partial charge is 0.492 e. The zero-order valence-electron chi connectivity index (χ0n) is 22.1. The molecule has 2 aliphatic heterocycles. The molecule has 2 aromatic rings. The standard InChI is InChI=1S/C29H34FN3O5/c1-4-37-25-12-7-6-11-24(25)31-13-15-32(16-14-31)27(35)19-33-20(3)28(29(36)38-5-2)23(18-26(33)34)21-9-8-10-22(30)17-21/h6-12,17,23H,4-5,13-16,18-19H2,1-3H3. The van der Waals surface area contributed by atoms with Crippen LogP contribution in [0.1, 0.15) is 38.7 Å². The van der Waals surface area contributed by atoms with Crippen molar-refractivity contribution in [2.45, 2.75) is 33.1 Å². The summed E-state index contributed by atoms with van der Waals surface area (Å²) in [6, 6.07) is 13.7. The highest BCUT2D eigenvalue weighted by Crippen LogP contribution is 2.37. The van der Waals surface area contributed by atoms with Gasteiger partial charge in [0.25, 0.3) is 0 Å². The number of hydrogen-bond acceptors (Lipinski definition) is 6. The maximum atomic E-state index is 14.0. The van der Waals surface area contributed by atoms with Gasteiger partial charge in [-0.15, -0.1) is 0 Å². The lowest BCUT2D eigenvalue weighted by Gasteiger charge is -2.39. The molecule has 1 atom stereocenters. The van der Waals surface area contributed by atoms with Gasteiger partial charge in [-0.3, -0.25) is 9.59 Å². The Balaban J connectivity index is 1.49. The number of halogens is 1. The molecule has 0 radical (unpaired) electrons. The molecule has 2 heterocycles. The first-order valence-electron chi connectivity index (χ1n) is 13.0. The number of hydrogen-bond donors (Lipinski definition) is 0. The normalized spacial score (nSPS) is 18.1. The second-order valence-electron chi connectivity index (χ2n) is 9.28. The van der Waals surface area contributed by atoms with Crippen molar-refractivity contribution in [3.63, 3.8) is 0 Å². The van der Waals surface area contributed by atoms with Crippen LogP contribution in [0, 0.1) is 5.82 Å². The third-order valence-corrected chi connectivity index (χ3v) is 7.00. The highest BCUT2D eigenvalue weighted by Gasteiger charge is 2.38. The van der Waals surface area contributed by atoms with Crippen molar-refractivity contribution in [1.82, 2.24) is 9.80 Å². The molecule has 0 aliphatic carbocycles. The van der Waals surface area contributed by atoms with Crippen molar-refractivity contribution in [1.29, 1.82) is 0 Å². The van der Waals surface area contributed by atoms with Gasteiger partial charge in [0, 0.05) is 44.2 Å². The van der Waals surface area contributed by atoms with Crippen LogP contribution >= 0.6 is 0 Å². The van der Waals surface area contributed by atoms with Crippen LogP contribution in [0.4, 0.5) is 10.1 Å². The Morgan fingerprint density at radius 1 is 1.00 bits per heavy atom. The van der Waals surface area contributed by atoms with E-state index in [1.165, 1.54) is 17.0 Å². The highest BCUT2D eigenvalue weighted by molar-refractivity contribution is 5.97. The summed E-state index contributed by atoms with van der Waals surface area (Å²) < 4.78 is 25.0. The van der Waals surface area contributed by atoms with E-state index < -0.39 is 17.7 Å². The van der Waals surface area contributed by atoms with E-state index in [4.69, 9.17) is 9.47 Å². The van der Waals surface area contributed by atoms with Crippen molar-refractivity contribution < 1.29 is 28.2 Å². The second-order valence-corrected chi connectivity index (χ2v) is 9.28. The molecule has 2 aliphatic rings. The van der Waals surface area contributed by atoms with Crippen molar-refractivity contribution >= 4 is 23.5 Å². The molecule has 0 saturated carbocycles. The number of ether oxygens (including phenoxy) is 2. The maximum absolute atomic E-state index is 14.0. The second kappa shape index (κ2) is 12.1. The molecule has 2 amide bonds. The van der Waals surface area contributed by atoms with Crippen molar-refractivity contribution in [2.24, 2.45) is 0 Å². The molecule has 202 valence electrons. The van der Waals surface area contributed by atoms with Gasteiger partial charge in [0.15, 0.2) is 0 Å². The van der Waals surface area contributed by atoms with E-state index in [1.807, 2.05) is 31.2 Å². The smallest absolute Gasteiger partial charge is 0.336 e. The van der Waals surface area contributed by atoms with E-state index in [2.05, 4.69) is 4.90 Å². The molecule has 0 bridgehead atoms. The van der Waals surface area contributed by atoms with Gasteiger partial charge in [-0.2, -0.15) is 0 Å². The third kappa shape index (κ3) is 5.82. The lowest BCUT2D eigenvalue weighted by atomic mass is 9.83. The number of carbonyl (C=O) groups is 3. The van der Waals surface area contributed by atoms with Crippen LogP contribution < -0.4 is 9.64 Å². The topological polar surface area (TPSA) is 79.4 Å². The van der Waals surface area contributed by atoms with Crippen LogP contribution in [-0.4, -0.2) is 73.5 Å². The zero-order chi connectivity index (χ0) is 27.2. The number of carbonyl (C=O) groups excluding carboxylic acids is 3. The first-order chi connectivity index (χ1) is 18.3. The summed E-state index contributed by atoms with van der Waals surface area (Å²) in [7, 11) is 0. The molecule has 1 fully saturated rings. The molecule has 4 rings (SSSR count). The molecule has 9 heteroatoms. The lowest BCUT2D eigenvalue weighted by molar-refractivity contribution is -0.142. The van der Waals surface area contributed by atoms with E-state index in [0.717, 1.165) is 11.4 Å². The molecule has 1 unspecified atom stereocenters. The van der Waals surface area contributed by atoms with Gasteiger partial charge in [-0.25, -0.2) is 9.18 Å². The zero-order valence-corrected chi connectivity index (χ0v) is 22.1. The van der Waals surface area contributed by atoms with E-state index >= 15 is 0 Å². The monoisotopic (exact) mass is 523 g/mol. The van der Waals surface area contributed by atoms with Gasteiger partial charge in [-0.1, -0.05) is 24.3 Å². The van der Waals surface area contributed by atoms with Crippen molar-refractivity contribution in [2.75, 3.05) is 50.8 Å². The van der Waals surface area contributed by atoms with Gasteiger partial charge in [0.1, 0.15) is 18.1 Å². The summed E-state index contributed by atoms with van der Waals surface area (Å²) in [4.78, 5) is 44.7. The van der Waals surface area contributed by atoms with Crippen LogP contribution in [0.5, 0.6) is 5.75 Å². The Kier molecular flexibility index (Phi) is 8.66. The minimum atomic E-state index is -0.641. The summed E-state index contributed by atoms with van der Waals surface area (Å²) in [6.07, 6.45) is -0.0514. The van der Waals surface area contributed by atoms with Gasteiger partial charge in [0.05, 0.1) is 24.5 Å². The molecule has 0 N–H and O–H groups in total. The van der Waals surface area contributed by atoms with Crippen LogP contribution in [0.25, 0.3) is 0 Å². The average Bonchev–Trinajstić information content (AvgIpc) is 2.91. The van der Waals surface area contributed by atoms with Gasteiger partial charge in [-0.05, 0) is 50.6 Å². The number of esters is 1. The predicted octanol–water partition coefficient (Wildman–Crippen LogP) is 3.73. The molecular weight excluding hydrogens is 489 g/mol. The van der Waals surface area contributed by atoms with Crippen LogP contribution in [-0.2, 0) is 19.1 Å². The number of anilines is 1. The summed E-state index contributed by atoms with van der Waals surface area (Å²) in [5.74, 6) is -1.32.